The molecule has 27 heavy (non-hydrogen) atoms. The molecule has 0 aliphatic carbocycles. The molecule has 0 aliphatic heterocycles. The van der Waals surface area contributed by atoms with Gasteiger partial charge in [0.05, 0.1) is 16.1 Å². The van der Waals surface area contributed by atoms with Gasteiger partial charge in [0.1, 0.15) is 0 Å². The fourth-order valence-corrected chi connectivity index (χ4v) is 4.28. The van der Waals surface area contributed by atoms with Gasteiger partial charge in [-0.25, -0.2) is 8.42 Å². The maximum absolute atomic E-state index is 12.9. The normalized spacial score (nSPS) is 11.5. The summed E-state index contributed by atoms with van der Waals surface area (Å²) in [7, 11) is -2.10. The number of pyridine rings is 1. The average molecular weight is 382 g/mol. The number of fused-ring (bicyclic) bond motifs is 1. The lowest BCUT2D eigenvalue weighted by Gasteiger charge is -2.20. The van der Waals surface area contributed by atoms with Crippen molar-refractivity contribution in [2.75, 3.05) is 11.4 Å². The number of anilines is 1. The van der Waals surface area contributed by atoms with Crippen LogP contribution in [0.4, 0.5) is 5.69 Å². The summed E-state index contributed by atoms with van der Waals surface area (Å²) in [5, 5.41) is 9.19. The fraction of sp³-hybridized carbons (Fsp3) is 0.238. The molecule has 1 N–H and O–H groups in total. The first-order valence-electron chi connectivity index (χ1n) is 8.87. The van der Waals surface area contributed by atoms with E-state index in [-0.39, 0.29) is 4.90 Å². The molecule has 3 aromatic rings. The minimum absolute atomic E-state index is 0.246. The van der Waals surface area contributed by atoms with Crippen LogP contribution in [0, 0.1) is 12.3 Å². The van der Waals surface area contributed by atoms with E-state index in [9.17, 15) is 8.42 Å². The monoisotopic (exact) mass is 381 g/mol. The van der Waals surface area contributed by atoms with Crippen LogP contribution in [0.3, 0.4) is 0 Å². The Balaban J connectivity index is 2.08. The largest absolute Gasteiger partial charge is 0.305 e. The lowest BCUT2D eigenvalue weighted by Crippen LogP contribution is -2.26. The van der Waals surface area contributed by atoms with Gasteiger partial charge in [0, 0.05) is 29.4 Å². The van der Waals surface area contributed by atoms with Crippen molar-refractivity contribution in [3.05, 3.63) is 65.9 Å². The number of hydrogen-bond acceptors (Lipinski definition) is 4. The number of sulfonamides is 1. The van der Waals surface area contributed by atoms with Crippen molar-refractivity contribution >= 4 is 32.3 Å². The first-order chi connectivity index (χ1) is 12.8. The van der Waals surface area contributed by atoms with Gasteiger partial charge in [0.15, 0.2) is 0 Å². The molecule has 2 aromatic carbocycles. The van der Waals surface area contributed by atoms with Crippen molar-refractivity contribution in [2.24, 2.45) is 0 Å². The molecule has 140 valence electrons. The number of nitrogens with zero attached hydrogens (tertiary/aromatic N) is 2. The zero-order chi connectivity index (χ0) is 19.6. The van der Waals surface area contributed by atoms with E-state index in [0.717, 1.165) is 23.1 Å². The van der Waals surface area contributed by atoms with E-state index in [1.165, 1.54) is 4.31 Å². The van der Waals surface area contributed by atoms with E-state index in [2.05, 4.69) is 4.98 Å². The minimum atomic E-state index is -3.64. The molecule has 0 fully saturated rings. The number of nitrogens with one attached hydrogen (secondary N) is 1. The highest BCUT2D eigenvalue weighted by atomic mass is 32.2. The third kappa shape index (κ3) is 3.71. The van der Waals surface area contributed by atoms with Gasteiger partial charge in [-0.15, -0.1) is 0 Å². The summed E-state index contributed by atoms with van der Waals surface area (Å²) in [6.45, 7) is 3.94. The second-order valence-electron chi connectivity index (χ2n) is 6.53. The summed E-state index contributed by atoms with van der Waals surface area (Å²) in [5.74, 6) is 0. The van der Waals surface area contributed by atoms with Crippen molar-refractivity contribution in [2.45, 2.75) is 31.6 Å². The Morgan fingerprint density at radius 2 is 1.81 bits per heavy atom. The van der Waals surface area contributed by atoms with Crippen LogP contribution in [0.15, 0.2) is 59.5 Å². The van der Waals surface area contributed by atoms with Crippen LogP contribution in [-0.2, 0) is 10.0 Å². The lowest BCUT2D eigenvalue weighted by atomic mass is 10.0. The molecule has 0 aliphatic rings. The highest BCUT2D eigenvalue weighted by Gasteiger charge is 2.21. The highest BCUT2D eigenvalue weighted by Crippen LogP contribution is 2.28. The molecule has 0 amide bonds. The van der Waals surface area contributed by atoms with E-state index in [4.69, 9.17) is 5.41 Å². The predicted molar refractivity (Wildman–Crippen MR) is 110 cm³/mol. The van der Waals surface area contributed by atoms with Gasteiger partial charge in [-0.3, -0.25) is 9.29 Å². The molecule has 6 heteroatoms. The molecule has 0 unspecified atom stereocenters. The number of rotatable bonds is 6. The quantitative estimate of drug-likeness (QED) is 0.637. The lowest BCUT2D eigenvalue weighted by molar-refractivity contribution is 0.594. The van der Waals surface area contributed by atoms with E-state index >= 15 is 0 Å². The fourth-order valence-electron chi connectivity index (χ4n) is 3.07. The van der Waals surface area contributed by atoms with Gasteiger partial charge in [-0.2, -0.15) is 0 Å². The summed E-state index contributed by atoms with van der Waals surface area (Å²) in [4.78, 5) is 4.80. The van der Waals surface area contributed by atoms with E-state index in [1.807, 2.05) is 26.0 Å². The molecule has 1 aromatic heterocycles. The van der Waals surface area contributed by atoms with Crippen molar-refractivity contribution < 1.29 is 8.42 Å². The Morgan fingerprint density at radius 1 is 1.11 bits per heavy atom. The first-order valence-corrected chi connectivity index (χ1v) is 10.3. The molecular weight excluding hydrogens is 358 g/mol. The van der Waals surface area contributed by atoms with E-state index in [0.29, 0.717) is 23.3 Å². The molecule has 3 rings (SSSR count). The van der Waals surface area contributed by atoms with Crippen LogP contribution in [0.1, 0.15) is 31.0 Å². The van der Waals surface area contributed by atoms with Crippen LogP contribution in [0.25, 0.3) is 10.9 Å². The zero-order valence-electron chi connectivity index (χ0n) is 15.7. The molecule has 0 saturated heterocycles. The number of aryl methyl sites for hydroxylation is 1. The molecule has 0 radical (unpaired) electrons. The van der Waals surface area contributed by atoms with Crippen LogP contribution in [-0.4, -0.2) is 26.2 Å². The maximum Gasteiger partial charge on any atom is 0.264 e. The van der Waals surface area contributed by atoms with Gasteiger partial charge in [-0.05, 0) is 43.7 Å². The van der Waals surface area contributed by atoms with Gasteiger partial charge in [0.25, 0.3) is 10.0 Å². The third-order valence-electron chi connectivity index (χ3n) is 4.51. The van der Waals surface area contributed by atoms with Gasteiger partial charge >= 0.3 is 0 Å². The van der Waals surface area contributed by atoms with Crippen LogP contribution in [0.2, 0.25) is 0 Å². The van der Waals surface area contributed by atoms with Gasteiger partial charge in [-0.1, -0.05) is 37.6 Å². The summed E-state index contributed by atoms with van der Waals surface area (Å²) in [6.07, 6.45) is 1.60. The molecule has 1 heterocycles. The van der Waals surface area contributed by atoms with Gasteiger partial charge in [0.2, 0.25) is 0 Å². The Labute approximate surface area is 160 Å². The topological polar surface area (TPSA) is 74.1 Å². The average Bonchev–Trinajstić information content (AvgIpc) is 2.67. The predicted octanol–water partition coefficient (Wildman–Crippen LogP) is 4.54. The smallest absolute Gasteiger partial charge is 0.264 e. The molecule has 0 atom stereocenters. The summed E-state index contributed by atoms with van der Waals surface area (Å²) >= 11 is 0. The third-order valence-corrected chi connectivity index (χ3v) is 6.31. The van der Waals surface area contributed by atoms with Crippen LogP contribution < -0.4 is 4.31 Å². The molecule has 0 bridgehead atoms. The van der Waals surface area contributed by atoms with E-state index in [1.54, 1.807) is 49.5 Å². The number of benzene rings is 2. The van der Waals surface area contributed by atoms with Crippen LogP contribution >= 0.6 is 0 Å². The molecular formula is C21H23N3O2S. The minimum Gasteiger partial charge on any atom is -0.305 e. The van der Waals surface area contributed by atoms with Crippen LogP contribution in [0.5, 0.6) is 0 Å². The maximum atomic E-state index is 12.9. The Morgan fingerprint density at radius 3 is 2.48 bits per heavy atom. The zero-order valence-corrected chi connectivity index (χ0v) is 16.5. The standard InChI is InChI=1S/C21H23N3O2S/c1-4-8-20(22)19-13-15(2)23-21-14-16(11-12-18(19)21)24(3)27(25,26)17-9-6-5-7-10-17/h5-7,9-14,22H,4,8H2,1-3H3. The first kappa shape index (κ1) is 19.0. The second kappa shape index (κ2) is 7.48. The highest BCUT2D eigenvalue weighted by molar-refractivity contribution is 7.92. The summed E-state index contributed by atoms with van der Waals surface area (Å²) in [5.41, 5.74) is 3.48. The Hall–Kier alpha value is -2.73. The summed E-state index contributed by atoms with van der Waals surface area (Å²) in [6, 6.07) is 15.7. The Kier molecular flexibility index (Phi) is 5.28. The number of aromatic nitrogens is 1. The van der Waals surface area contributed by atoms with Crippen molar-refractivity contribution in [1.82, 2.24) is 4.98 Å². The van der Waals surface area contributed by atoms with Crippen molar-refractivity contribution in [3.63, 3.8) is 0 Å². The van der Waals surface area contributed by atoms with E-state index < -0.39 is 10.0 Å². The van der Waals surface area contributed by atoms with Crippen molar-refractivity contribution in [3.8, 4) is 0 Å². The summed E-state index contributed by atoms with van der Waals surface area (Å²) < 4.78 is 27.0. The number of hydrogen-bond donors (Lipinski definition) is 1. The second-order valence-corrected chi connectivity index (χ2v) is 8.50. The SMILES string of the molecule is CCCC(=N)c1cc(C)nc2cc(N(C)S(=O)(=O)c3ccccc3)ccc12. The Bertz CT molecular complexity index is 1090. The molecule has 5 nitrogen and oxygen atoms in total. The molecule has 0 saturated carbocycles. The van der Waals surface area contributed by atoms with Gasteiger partial charge < -0.3 is 5.41 Å². The molecule has 0 spiro atoms. The van der Waals surface area contributed by atoms with Crippen molar-refractivity contribution in [1.29, 1.82) is 5.41 Å².